The van der Waals surface area contributed by atoms with Crippen LogP contribution in [0.1, 0.15) is 64.2 Å². The van der Waals surface area contributed by atoms with Crippen molar-refractivity contribution in [2.45, 2.75) is 73.4 Å². The van der Waals surface area contributed by atoms with Crippen molar-refractivity contribution in [3.63, 3.8) is 0 Å². The van der Waals surface area contributed by atoms with Crippen LogP contribution < -0.4 is 14.8 Å². The van der Waals surface area contributed by atoms with Crippen LogP contribution in [0.5, 0.6) is 11.5 Å². The molecule has 0 saturated carbocycles. The quantitative estimate of drug-likeness (QED) is 0.397. The number of amides is 2. The van der Waals surface area contributed by atoms with E-state index in [1.807, 2.05) is 70.2 Å². The van der Waals surface area contributed by atoms with Crippen molar-refractivity contribution in [1.29, 1.82) is 0 Å². The van der Waals surface area contributed by atoms with E-state index in [4.69, 9.17) is 9.47 Å². The molecule has 2 aromatic rings. The van der Waals surface area contributed by atoms with E-state index in [0.717, 1.165) is 16.7 Å². The van der Waals surface area contributed by atoms with Crippen LogP contribution in [0.15, 0.2) is 42.5 Å². The van der Waals surface area contributed by atoms with Crippen molar-refractivity contribution in [3.8, 4) is 11.5 Å². The standard InChI is InChI=1S/C29H42N2O4/c1-7-25(29(33)30-19-21(4)5)31(20-24-12-10-22(6)11-13-24)28(32)17-15-23-14-16-26(34-8-2)27(18-23)35-9-3/h10-14,16,18,21,25H,7-9,15,17,19-20H2,1-6H3,(H,30,33)/t25-/m0/s1. The van der Waals surface area contributed by atoms with Gasteiger partial charge in [0.15, 0.2) is 11.5 Å². The second-order valence-electron chi connectivity index (χ2n) is 9.22. The van der Waals surface area contributed by atoms with Crippen LogP contribution in [0.2, 0.25) is 0 Å². The predicted octanol–water partition coefficient (Wildman–Crippen LogP) is 5.30. The highest BCUT2D eigenvalue weighted by molar-refractivity contribution is 5.87. The van der Waals surface area contributed by atoms with Gasteiger partial charge in [0.05, 0.1) is 13.2 Å². The summed E-state index contributed by atoms with van der Waals surface area (Å²) in [6.45, 7) is 14.1. The highest BCUT2D eigenvalue weighted by Gasteiger charge is 2.28. The first kappa shape index (κ1) is 28.2. The van der Waals surface area contributed by atoms with Gasteiger partial charge >= 0.3 is 0 Å². The van der Waals surface area contributed by atoms with Crippen LogP contribution in [0.25, 0.3) is 0 Å². The molecule has 0 heterocycles. The Balaban J connectivity index is 2.21. The minimum absolute atomic E-state index is 0.0380. The lowest BCUT2D eigenvalue weighted by atomic mass is 10.0. The average Bonchev–Trinajstić information content (AvgIpc) is 2.84. The van der Waals surface area contributed by atoms with E-state index < -0.39 is 6.04 Å². The summed E-state index contributed by atoms with van der Waals surface area (Å²) in [6, 6.07) is 13.4. The third kappa shape index (κ3) is 8.93. The number of carbonyl (C=O) groups is 2. The summed E-state index contributed by atoms with van der Waals surface area (Å²) < 4.78 is 11.4. The third-order valence-corrected chi connectivity index (χ3v) is 5.78. The van der Waals surface area contributed by atoms with Gasteiger partial charge in [0, 0.05) is 19.5 Å². The Labute approximate surface area is 211 Å². The topological polar surface area (TPSA) is 67.9 Å². The van der Waals surface area contributed by atoms with Gasteiger partial charge in [0.1, 0.15) is 6.04 Å². The minimum Gasteiger partial charge on any atom is -0.490 e. The third-order valence-electron chi connectivity index (χ3n) is 5.78. The van der Waals surface area contributed by atoms with Crippen LogP contribution in [-0.2, 0) is 22.6 Å². The fourth-order valence-corrected chi connectivity index (χ4v) is 3.88. The van der Waals surface area contributed by atoms with Crippen molar-refractivity contribution in [2.24, 2.45) is 5.92 Å². The van der Waals surface area contributed by atoms with Gasteiger partial charge in [-0.05, 0) is 62.8 Å². The maximum atomic E-state index is 13.5. The van der Waals surface area contributed by atoms with Crippen molar-refractivity contribution in [2.75, 3.05) is 19.8 Å². The molecule has 6 heteroatoms. The van der Waals surface area contributed by atoms with Gasteiger partial charge in [-0.1, -0.05) is 56.7 Å². The highest BCUT2D eigenvalue weighted by atomic mass is 16.5. The molecule has 0 radical (unpaired) electrons. The Bertz CT molecular complexity index is 940. The van der Waals surface area contributed by atoms with Gasteiger partial charge in [-0.25, -0.2) is 0 Å². The van der Waals surface area contributed by atoms with Crippen LogP contribution in [0, 0.1) is 12.8 Å². The van der Waals surface area contributed by atoms with Gasteiger partial charge in [-0.2, -0.15) is 0 Å². The van der Waals surface area contributed by atoms with Gasteiger partial charge in [-0.3, -0.25) is 9.59 Å². The van der Waals surface area contributed by atoms with Crippen molar-refractivity contribution in [1.82, 2.24) is 10.2 Å². The summed E-state index contributed by atoms with van der Waals surface area (Å²) in [7, 11) is 0. The van der Waals surface area contributed by atoms with Crippen molar-refractivity contribution >= 4 is 11.8 Å². The zero-order valence-corrected chi connectivity index (χ0v) is 22.2. The monoisotopic (exact) mass is 482 g/mol. The number of aryl methyl sites for hydroxylation is 2. The minimum atomic E-state index is -0.512. The molecule has 1 N–H and O–H groups in total. The Morgan fingerprint density at radius 2 is 1.54 bits per heavy atom. The Kier molecular flexibility index (Phi) is 11.6. The first-order chi connectivity index (χ1) is 16.8. The molecule has 0 saturated heterocycles. The first-order valence-electron chi connectivity index (χ1n) is 12.8. The molecule has 2 aromatic carbocycles. The molecule has 0 aliphatic carbocycles. The van der Waals surface area contributed by atoms with Crippen LogP contribution in [0.3, 0.4) is 0 Å². The molecule has 0 unspecified atom stereocenters. The molecule has 35 heavy (non-hydrogen) atoms. The maximum Gasteiger partial charge on any atom is 0.242 e. The SMILES string of the molecule is CCOc1ccc(CCC(=O)N(Cc2ccc(C)cc2)[C@@H](CC)C(=O)NCC(C)C)cc1OCC. The summed E-state index contributed by atoms with van der Waals surface area (Å²) >= 11 is 0. The Morgan fingerprint density at radius 3 is 2.14 bits per heavy atom. The second kappa shape index (κ2) is 14.4. The van der Waals surface area contributed by atoms with E-state index in [2.05, 4.69) is 19.2 Å². The molecule has 1 atom stereocenters. The van der Waals surface area contributed by atoms with Crippen LogP contribution in [0.4, 0.5) is 0 Å². The van der Waals surface area contributed by atoms with Gasteiger partial charge in [0.2, 0.25) is 11.8 Å². The number of rotatable bonds is 14. The zero-order chi connectivity index (χ0) is 25.8. The van der Waals surface area contributed by atoms with E-state index in [9.17, 15) is 9.59 Å². The van der Waals surface area contributed by atoms with Crippen molar-refractivity contribution in [3.05, 3.63) is 59.2 Å². The smallest absolute Gasteiger partial charge is 0.242 e. The lowest BCUT2D eigenvalue weighted by Crippen LogP contribution is -2.49. The van der Waals surface area contributed by atoms with Crippen LogP contribution >= 0.6 is 0 Å². The normalized spacial score (nSPS) is 11.7. The number of hydrogen-bond donors (Lipinski definition) is 1. The number of hydrogen-bond acceptors (Lipinski definition) is 4. The molecule has 192 valence electrons. The van der Waals surface area contributed by atoms with E-state index >= 15 is 0 Å². The fourth-order valence-electron chi connectivity index (χ4n) is 3.88. The number of nitrogens with zero attached hydrogens (tertiary/aromatic N) is 1. The fraction of sp³-hybridized carbons (Fsp3) is 0.517. The molecule has 2 rings (SSSR count). The summed E-state index contributed by atoms with van der Waals surface area (Å²) in [5.74, 6) is 1.61. The largest absolute Gasteiger partial charge is 0.490 e. The van der Waals surface area contributed by atoms with Gasteiger partial charge in [-0.15, -0.1) is 0 Å². The Hall–Kier alpha value is -3.02. The molecule has 0 fully saturated rings. The lowest BCUT2D eigenvalue weighted by Gasteiger charge is -2.31. The summed E-state index contributed by atoms with van der Waals surface area (Å²) in [6.07, 6.45) is 1.41. The molecule has 0 aliphatic heterocycles. The van der Waals surface area contributed by atoms with Gasteiger partial charge in [0.25, 0.3) is 0 Å². The molecule has 2 amide bonds. The highest BCUT2D eigenvalue weighted by Crippen LogP contribution is 2.29. The van der Waals surface area contributed by atoms with Crippen LogP contribution in [-0.4, -0.2) is 42.5 Å². The summed E-state index contributed by atoms with van der Waals surface area (Å²) in [5, 5.41) is 3.01. The molecule has 6 nitrogen and oxygen atoms in total. The number of ether oxygens (including phenoxy) is 2. The second-order valence-corrected chi connectivity index (χ2v) is 9.22. The molecule has 0 aromatic heterocycles. The molecular weight excluding hydrogens is 440 g/mol. The van der Waals surface area contributed by atoms with E-state index in [1.54, 1.807) is 4.90 Å². The number of benzene rings is 2. The van der Waals surface area contributed by atoms with E-state index in [0.29, 0.717) is 63.0 Å². The molecule has 0 spiro atoms. The van der Waals surface area contributed by atoms with Crippen molar-refractivity contribution < 1.29 is 19.1 Å². The zero-order valence-electron chi connectivity index (χ0n) is 22.2. The average molecular weight is 483 g/mol. The number of carbonyl (C=O) groups excluding carboxylic acids is 2. The van der Waals surface area contributed by atoms with E-state index in [-0.39, 0.29) is 11.8 Å². The summed E-state index contributed by atoms with van der Waals surface area (Å²) in [5.41, 5.74) is 3.17. The van der Waals surface area contributed by atoms with E-state index in [1.165, 1.54) is 0 Å². The van der Waals surface area contributed by atoms with Gasteiger partial charge < -0.3 is 19.7 Å². The molecule has 0 aliphatic rings. The summed E-state index contributed by atoms with van der Waals surface area (Å²) in [4.78, 5) is 28.3. The maximum absolute atomic E-state index is 13.5. The Morgan fingerprint density at radius 1 is 0.914 bits per heavy atom. The number of nitrogens with one attached hydrogen (secondary N) is 1. The first-order valence-corrected chi connectivity index (χ1v) is 12.8. The lowest BCUT2D eigenvalue weighted by molar-refractivity contribution is -0.141. The molecule has 0 bridgehead atoms. The predicted molar refractivity (Wildman–Crippen MR) is 141 cm³/mol. The molecular formula is C29H42N2O4.